The van der Waals surface area contributed by atoms with Crippen molar-refractivity contribution in [2.24, 2.45) is 9.98 Å². The molecule has 2 aliphatic heterocycles. The first-order chi connectivity index (χ1) is 21.3. The first-order valence-electron chi connectivity index (χ1n) is 14.3. The van der Waals surface area contributed by atoms with Crippen LogP contribution in [0.1, 0.15) is 26.7 Å². The minimum absolute atomic E-state index is 0.0216. The Morgan fingerprint density at radius 3 is 1.45 bits per heavy atom. The van der Waals surface area contributed by atoms with Crippen molar-refractivity contribution in [2.45, 2.75) is 37.2 Å². The second-order valence-corrected chi connectivity index (χ2v) is 12.3. The zero-order chi connectivity index (χ0) is 31.1. The molecular weight excluding hydrogens is 597 g/mol. The molecule has 2 atom stereocenters. The second-order valence-electron chi connectivity index (χ2n) is 9.92. The number of anilines is 2. The minimum atomic E-state index is -0.584. The molecule has 0 aliphatic carbocycles. The van der Waals surface area contributed by atoms with Crippen LogP contribution in [0.3, 0.4) is 0 Å². The van der Waals surface area contributed by atoms with Gasteiger partial charge in [-0.3, -0.25) is 29.0 Å². The number of carbonyl (C=O) groups excluding carboxylic acids is 4. The van der Waals surface area contributed by atoms with Crippen molar-refractivity contribution < 1.29 is 19.2 Å². The van der Waals surface area contributed by atoms with Gasteiger partial charge in [0.15, 0.2) is 10.3 Å². The molecule has 2 N–H and O–H groups in total. The lowest BCUT2D eigenvalue weighted by molar-refractivity contribution is -0.128. The number of nitrogens with zero attached hydrogens (tertiary/aromatic N) is 4. The summed E-state index contributed by atoms with van der Waals surface area (Å²) in [6, 6.07) is 25.5. The van der Waals surface area contributed by atoms with Gasteiger partial charge in [-0.25, -0.2) is 9.98 Å². The van der Waals surface area contributed by atoms with Crippen LogP contribution in [0.25, 0.3) is 0 Å². The fourth-order valence-electron chi connectivity index (χ4n) is 4.69. The summed E-state index contributed by atoms with van der Waals surface area (Å²) in [4.78, 5) is 64.2. The Morgan fingerprint density at radius 2 is 1.07 bits per heavy atom. The SMILES string of the molecule is CCN1C(=O)[C@H](CC(=O)Nc2cccc(NC(=O)C[C@@H]3SC(=Nc4ccccc4)N(CC)C3=O)c2)SC1=Nc1ccccc1. The normalized spacial score (nSPS) is 20.0. The average Bonchev–Trinajstić information content (AvgIpc) is 3.47. The number of carbonyl (C=O) groups is 4. The molecule has 10 nitrogen and oxygen atoms in total. The van der Waals surface area contributed by atoms with Crippen LogP contribution in [0.5, 0.6) is 0 Å². The topological polar surface area (TPSA) is 124 Å². The van der Waals surface area contributed by atoms with E-state index in [2.05, 4.69) is 20.6 Å². The molecule has 4 amide bonds. The molecule has 2 saturated heterocycles. The fourth-order valence-corrected chi connectivity index (χ4v) is 7.14. The Hall–Kier alpha value is -4.42. The number of hydrogen-bond donors (Lipinski definition) is 2. The summed E-state index contributed by atoms with van der Waals surface area (Å²) in [6.45, 7) is 4.67. The Kier molecular flexibility index (Phi) is 10.1. The molecule has 3 aromatic rings. The van der Waals surface area contributed by atoms with Gasteiger partial charge in [-0.1, -0.05) is 66.0 Å². The van der Waals surface area contributed by atoms with Gasteiger partial charge >= 0.3 is 0 Å². The third-order valence-corrected chi connectivity index (χ3v) is 9.16. The molecule has 5 rings (SSSR count). The quantitative estimate of drug-likeness (QED) is 0.299. The number of thioether (sulfide) groups is 2. The summed E-state index contributed by atoms with van der Waals surface area (Å²) in [6.07, 6.45) is -0.0432. The number of nitrogens with one attached hydrogen (secondary N) is 2. The van der Waals surface area contributed by atoms with E-state index in [1.807, 2.05) is 74.5 Å². The molecule has 0 bridgehead atoms. The smallest absolute Gasteiger partial charge is 0.242 e. The van der Waals surface area contributed by atoms with Crippen molar-refractivity contribution in [3.63, 3.8) is 0 Å². The Morgan fingerprint density at radius 1 is 0.659 bits per heavy atom. The van der Waals surface area contributed by atoms with Crippen LogP contribution in [0.15, 0.2) is 94.9 Å². The number of hydrogen-bond acceptors (Lipinski definition) is 8. The standard InChI is InChI=1S/C32H32N6O4S2/c1-3-37-29(41)25(43-31(37)35-21-12-7-5-8-13-21)19-27(39)33-23-16-11-17-24(18-23)34-28(40)20-26-30(42)38(4-2)32(44-26)36-22-14-9-6-10-15-22/h5-18,25-26H,3-4,19-20H2,1-2H3,(H,33,39)(H,34,40)/t25-,26-/m0/s1. The average molecular weight is 629 g/mol. The highest BCUT2D eigenvalue weighted by atomic mass is 32.2. The molecule has 3 aromatic carbocycles. The highest BCUT2D eigenvalue weighted by Gasteiger charge is 2.39. The predicted octanol–water partition coefficient (Wildman–Crippen LogP) is 5.65. The minimum Gasteiger partial charge on any atom is -0.326 e. The van der Waals surface area contributed by atoms with Gasteiger partial charge in [0, 0.05) is 37.3 Å². The van der Waals surface area contributed by atoms with Crippen LogP contribution >= 0.6 is 23.5 Å². The summed E-state index contributed by atoms with van der Waals surface area (Å²) < 4.78 is 0. The fraction of sp³-hybridized carbons (Fsp3) is 0.250. The van der Waals surface area contributed by atoms with Gasteiger partial charge in [-0.2, -0.15) is 0 Å². The van der Waals surface area contributed by atoms with Crippen LogP contribution in [0.4, 0.5) is 22.7 Å². The molecule has 2 heterocycles. The largest absolute Gasteiger partial charge is 0.326 e. The van der Waals surface area contributed by atoms with Crippen molar-refractivity contribution >= 4 is 80.2 Å². The van der Waals surface area contributed by atoms with Gasteiger partial charge in [0.25, 0.3) is 0 Å². The zero-order valence-electron chi connectivity index (χ0n) is 24.3. The van der Waals surface area contributed by atoms with E-state index in [0.29, 0.717) is 34.8 Å². The van der Waals surface area contributed by atoms with Crippen LogP contribution in [0.2, 0.25) is 0 Å². The number of amides is 4. The lowest BCUT2D eigenvalue weighted by Gasteiger charge is -2.14. The van der Waals surface area contributed by atoms with E-state index in [-0.39, 0.29) is 36.5 Å². The summed E-state index contributed by atoms with van der Waals surface area (Å²) in [5, 5.41) is 5.64. The van der Waals surface area contributed by atoms with Crippen molar-refractivity contribution in [3.8, 4) is 0 Å². The summed E-state index contributed by atoms with van der Waals surface area (Å²) in [5.41, 5.74) is 2.44. The molecule has 0 saturated carbocycles. The maximum atomic E-state index is 13.0. The number of amidine groups is 2. The molecule has 0 unspecified atom stereocenters. The molecule has 0 spiro atoms. The van der Waals surface area contributed by atoms with Crippen LogP contribution < -0.4 is 10.6 Å². The van der Waals surface area contributed by atoms with E-state index in [9.17, 15) is 19.2 Å². The van der Waals surface area contributed by atoms with E-state index >= 15 is 0 Å². The Bertz CT molecular complexity index is 1480. The monoisotopic (exact) mass is 628 g/mol. The molecule has 44 heavy (non-hydrogen) atoms. The number of aliphatic imine (C=N–C) groups is 2. The van der Waals surface area contributed by atoms with Crippen LogP contribution in [0, 0.1) is 0 Å². The number of benzene rings is 3. The van der Waals surface area contributed by atoms with Gasteiger partial charge in [-0.15, -0.1) is 0 Å². The van der Waals surface area contributed by atoms with E-state index in [4.69, 9.17) is 0 Å². The van der Waals surface area contributed by atoms with Gasteiger partial charge in [0.1, 0.15) is 10.5 Å². The molecule has 2 fully saturated rings. The number of rotatable bonds is 10. The van der Waals surface area contributed by atoms with Crippen molar-refractivity contribution in [2.75, 3.05) is 23.7 Å². The van der Waals surface area contributed by atoms with E-state index < -0.39 is 10.5 Å². The third kappa shape index (κ3) is 7.56. The van der Waals surface area contributed by atoms with E-state index in [1.54, 1.807) is 34.1 Å². The molecule has 0 radical (unpaired) electrons. The molecule has 226 valence electrons. The Balaban J connectivity index is 1.17. The first kappa shape index (κ1) is 31.0. The predicted molar refractivity (Wildman–Crippen MR) is 178 cm³/mol. The van der Waals surface area contributed by atoms with Crippen molar-refractivity contribution in [1.82, 2.24) is 9.80 Å². The van der Waals surface area contributed by atoms with E-state index in [0.717, 1.165) is 11.4 Å². The highest BCUT2D eigenvalue weighted by Crippen LogP contribution is 2.33. The second kappa shape index (κ2) is 14.4. The maximum Gasteiger partial charge on any atom is 0.242 e. The van der Waals surface area contributed by atoms with Crippen molar-refractivity contribution in [1.29, 1.82) is 0 Å². The molecule has 12 heteroatoms. The van der Waals surface area contributed by atoms with Crippen LogP contribution in [-0.4, -0.2) is 67.4 Å². The number of para-hydroxylation sites is 2. The highest BCUT2D eigenvalue weighted by molar-refractivity contribution is 8.15. The van der Waals surface area contributed by atoms with Gasteiger partial charge in [0.2, 0.25) is 23.6 Å². The summed E-state index contributed by atoms with van der Waals surface area (Å²) in [7, 11) is 0. The van der Waals surface area contributed by atoms with E-state index in [1.165, 1.54) is 23.5 Å². The Labute approximate surface area is 264 Å². The molecular formula is C32H32N6O4S2. The van der Waals surface area contributed by atoms with Crippen LogP contribution in [-0.2, 0) is 19.2 Å². The van der Waals surface area contributed by atoms with Gasteiger partial charge in [0.05, 0.1) is 11.4 Å². The third-order valence-electron chi connectivity index (χ3n) is 6.81. The van der Waals surface area contributed by atoms with Crippen molar-refractivity contribution in [3.05, 3.63) is 84.9 Å². The van der Waals surface area contributed by atoms with Gasteiger partial charge < -0.3 is 10.6 Å². The molecule has 0 aromatic heterocycles. The molecule has 2 aliphatic rings. The lowest BCUT2D eigenvalue weighted by atomic mass is 10.2. The summed E-state index contributed by atoms with van der Waals surface area (Å²) >= 11 is 2.56. The first-order valence-corrected chi connectivity index (χ1v) is 16.0. The van der Waals surface area contributed by atoms with Gasteiger partial charge in [-0.05, 0) is 56.3 Å². The summed E-state index contributed by atoms with van der Waals surface area (Å²) in [5.74, 6) is -0.953. The zero-order valence-corrected chi connectivity index (χ0v) is 25.9. The lowest BCUT2D eigenvalue weighted by Crippen LogP contribution is -2.33. The maximum absolute atomic E-state index is 13.0.